The van der Waals surface area contributed by atoms with E-state index in [9.17, 15) is 0 Å². The summed E-state index contributed by atoms with van der Waals surface area (Å²) >= 11 is 0. The van der Waals surface area contributed by atoms with Crippen LogP contribution in [0.4, 0.5) is 0 Å². The monoisotopic (exact) mass is 173 g/mol. The second kappa shape index (κ2) is 4.33. The highest BCUT2D eigenvalue weighted by molar-refractivity contribution is 5.30. The third kappa shape index (κ3) is 2.65. The van der Waals surface area contributed by atoms with Gasteiger partial charge in [0.05, 0.1) is 24.3 Å². The van der Waals surface area contributed by atoms with Gasteiger partial charge in [-0.05, 0) is 13.8 Å². The molecule has 0 radical (unpaired) electrons. The van der Waals surface area contributed by atoms with Crippen LogP contribution in [0.1, 0.15) is 31.9 Å². The largest absolute Gasteiger partial charge is 0.269 e. The van der Waals surface area contributed by atoms with Crippen LogP contribution >= 0.6 is 0 Å². The summed E-state index contributed by atoms with van der Waals surface area (Å²) in [5.74, 6) is 5.60. The van der Waals surface area contributed by atoms with Crippen molar-refractivity contribution in [3.63, 3.8) is 0 Å². The van der Waals surface area contributed by atoms with E-state index in [1.807, 2.05) is 16.9 Å². The molecule has 3 heteroatoms. The van der Waals surface area contributed by atoms with E-state index in [1.54, 1.807) is 6.20 Å². The minimum Gasteiger partial charge on any atom is -0.269 e. The highest BCUT2D eigenvalue weighted by Gasteiger charge is 1.97. The number of hydrogen-bond donors (Lipinski definition) is 0. The molecule has 0 atom stereocenters. The molecule has 66 valence electrons. The zero-order chi connectivity index (χ0) is 9.68. The van der Waals surface area contributed by atoms with Crippen LogP contribution in [0.5, 0.6) is 0 Å². The Hall–Kier alpha value is -1.74. The molecular formula is C10H11N3. The number of nitriles is 1. The highest BCUT2D eigenvalue weighted by atomic mass is 15.3. The summed E-state index contributed by atoms with van der Waals surface area (Å²) in [5.41, 5.74) is 0.865. The van der Waals surface area contributed by atoms with Crippen molar-refractivity contribution in [3.05, 3.63) is 18.0 Å². The first-order valence-corrected chi connectivity index (χ1v) is 4.14. The number of hydrogen-bond acceptors (Lipinski definition) is 2. The Morgan fingerprint density at radius 1 is 1.62 bits per heavy atom. The third-order valence-corrected chi connectivity index (χ3v) is 1.53. The minimum absolute atomic E-state index is 0.271. The van der Waals surface area contributed by atoms with Crippen molar-refractivity contribution >= 4 is 0 Å². The molecule has 0 saturated heterocycles. The Morgan fingerprint density at radius 2 is 2.38 bits per heavy atom. The standard InChI is InChI=1S/C10H11N3/c1-9(2)13-8-10(7-12-13)5-3-4-6-11/h7-9H,4H2,1-2H3. The molecule has 1 aromatic rings. The van der Waals surface area contributed by atoms with Crippen LogP contribution in [0, 0.1) is 23.2 Å². The number of nitrogens with zero attached hydrogens (tertiary/aromatic N) is 3. The van der Waals surface area contributed by atoms with Crippen molar-refractivity contribution in [3.8, 4) is 17.9 Å². The average molecular weight is 173 g/mol. The molecule has 0 aliphatic carbocycles. The molecule has 1 aromatic heterocycles. The SMILES string of the molecule is CC(C)n1cc(C#CCC#N)cn1. The maximum Gasteiger partial charge on any atom is 0.0966 e. The topological polar surface area (TPSA) is 41.6 Å². The molecule has 0 unspecified atom stereocenters. The maximum absolute atomic E-state index is 8.26. The minimum atomic E-state index is 0.271. The Bertz CT molecular complexity index is 371. The molecule has 0 N–H and O–H groups in total. The van der Waals surface area contributed by atoms with E-state index >= 15 is 0 Å². The number of rotatable bonds is 1. The van der Waals surface area contributed by atoms with Gasteiger partial charge in [-0.2, -0.15) is 10.4 Å². The van der Waals surface area contributed by atoms with Gasteiger partial charge >= 0.3 is 0 Å². The van der Waals surface area contributed by atoms with E-state index < -0.39 is 0 Å². The Morgan fingerprint density at radius 3 is 2.92 bits per heavy atom. The molecular weight excluding hydrogens is 162 g/mol. The first-order valence-electron chi connectivity index (χ1n) is 4.14. The molecule has 1 heterocycles. The van der Waals surface area contributed by atoms with Crippen molar-refractivity contribution in [2.45, 2.75) is 26.3 Å². The first kappa shape index (κ1) is 9.35. The lowest BCUT2D eigenvalue weighted by molar-refractivity contribution is 0.532. The van der Waals surface area contributed by atoms with Crippen LogP contribution in [0.15, 0.2) is 12.4 Å². The molecule has 0 bridgehead atoms. The zero-order valence-electron chi connectivity index (χ0n) is 7.78. The van der Waals surface area contributed by atoms with Gasteiger partial charge in [-0.15, -0.1) is 0 Å². The van der Waals surface area contributed by atoms with Crippen LogP contribution in [-0.4, -0.2) is 9.78 Å². The fourth-order valence-electron chi connectivity index (χ4n) is 0.871. The summed E-state index contributed by atoms with van der Waals surface area (Å²) in [6.07, 6.45) is 3.87. The van der Waals surface area contributed by atoms with Gasteiger partial charge in [-0.25, -0.2) is 0 Å². The second-order valence-electron chi connectivity index (χ2n) is 2.94. The van der Waals surface area contributed by atoms with E-state index in [2.05, 4.69) is 30.8 Å². The first-order chi connectivity index (χ1) is 6.24. The van der Waals surface area contributed by atoms with Crippen LogP contribution in [-0.2, 0) is 0 Å². The van der Waals surface area contributed by atoms with Crippen molar-refractivity contribution in [1.29, 1.82) is 5.26 Å². The molecule has 3 nitrogen and oxygen atoms in total. The summed E-state index contributed by atoms with van der Waals surface area (Å²) in [6.45, 7) is 4.11. The van der Waals surface area contributed by atoms with Gasteiger partial charge in [-0.3, -0.25) is 4.68 Å². The lowest BCUT2D eigenvalue weighted by atomic mass is 10.3. The molecule has 0 aliphatic rings. The van der Waals surface area contributed by atoms with Crippen LogP contribution in [0.2, 0.25) is 0 Å². The molecule has 0 spiro atoms. The van der Waals surface area contributed by atoms with E-state index in [0.29, 0.717) is 6.04 Å². The molecule has 0 aliphatic heterocycles. The third-order valence-electron chi connectivity index (χ3n) is 1.53. The predicted molar refractivity (Wildman–Crippen MR) is 49.7 cm³/mol. The molecule has 0 saturated carbocycles. The fourth-order valence-corrected chi connectivity index (χ4v) is 0.871. The van der Waals surface area contributed by atoms with Gasteiger partial charge < -0.3 is 0 Å². The fraction of sp³-hybridized carbons (Fsp3) is 0.400. The predicted octanol–water partition coefficient (Wildman–Crippen LogP) is 1.73. The van der Waals surface area contributed by atoms with Gasteiger partial charge in [0.15, 0.2) is 0 Å². The Balaban J connectivity index is 2.72. The molecule has 0 amide bonds. The van der Waals surface area contributed by atoms with Gasteiger partial charge in [0.1, 0.15) is 0 Å². The van der Waals surface area contributed by atoms with Gasteiger partial charge in [0.25, 0.3) is 0 Å². The average Bonchev–Trinajstić information content (AvgIpc) is 2.53. The van der Waals surface area contributed by atoms with E-state index in [4.69, 9.17) is 5.26 Å². The summed E-state index contributed by atoms with van der Waals surface area (Å²) in [6, 6.07) is 2.32. The van der Waals surface area contributed by atoms with Crippen molar-refractivity contribution in [2.24, 2.45) is 0 Å². The Kier molecular flexibility index (Phi) is 3.11. The lowest BCUT2D eigenvalue weighted by Gasteiger charge is -2.01. The highest BCUT2D eigenvalue weighted by Crippen LogP contribution is 2.03. The summed E-state index contributed by atoms with van der Waals surface area (Å²) in [7, 11) is 0. The van der Waals surface area contributed by atoms with Crippen LogP contribution in [0.3, 0.4) is 0 Å². The van der Waals surface area contributed by atoms with E-state index in [0.717, 1.165) is 5.56 Å². The summed E-state index contributed by atoms with van der Waals surface area (Å²) in [5, 5.41) is 12.4. The number of aromatic nitrogens is 2. The van der Waals surface area contributed by atoms with Crippen LogP contribution in [0.25, 0.3) is 0 Å². The van der Waals surface area contributed by atoms with Gasteiger partial charge in [0, 0.05) is 12.2 Å². The zero-order valence-corrected chi connectivity index (χ0v) is 7.78. The molecule has 1 rings (SSSR count). The van der Waals surface area contributed by atoms with Crippen molar-refractivity contribution in [1.82, 2.24) is 9.78 Å². The normalized spacial score (nSPS) is 9.08. The maximum atomic E-state index is 8.26. The summed E-state index contributed by atoms with van der Waals surface area (Å²) < 4.78 is 1.84. The molecule has 0 fully saturated rings. The van der Waals surface area contributed by atoms with Crippen LogP contribution < -0.4 is 0 Å². The quantitative estimate of drug-likeness (QED) is 0.607. The van der Waals surface area contributed by atoms with Crippen molar-refractivity contribution in [2.75, 3.05) is 0 Å². The summed E-state index contributed by atoms with van der Waals surface area (Å²) in [4.78, 5) is 0. The van der Waals surface area contributed by atoms with E-state index in [-0.39, 0.29) is 6.42 Å². The lowest BCUT2D eigenvalue weighted by Crippen LogP contribution is -1.99. The van der Waals surface area contributed by atoms with Gasteiger partial charge in [0.2, 0.25) is 0 Å². The van der Waals surface area contributed by atoms with Crippen molar-refractivity contribution < 1.29 is 0 Å². The second-order valence-corrected chi connectivity index (χ2v) is 2.94. The smallest absolute Gasteiger partial charge is 0.0966 e. The Labute approximate surface area is 78.0 Å². The molecule has 13 heavy (non-hydrogen) atoms. The van der Waals surface area contributed by atoms with E-state index in [1.165, 1.54) is 0 Å². The molecule has 0 aromatic carbocycles. The van der Waals surface area contributed by atoms with Gasteiger partial charge in [-0.1, -0.05) is 11.8 Å².